The fourth-order valence-electron chi connectivity index (χ4n) is 4.21. The highest BCUT2D eigenvalue weighted by molar-refractivity contribution is 7.92. The highest BCUT2D eigenvalue weighted by Gasteiger charge is 2.33. The number of rotatable bonds is 11. The van der Waals surface area contributed by atoms with Gasteiger partial charge in [0.1, 0.15) is 31.6 Å². The molecule has 0 saturated carbocycles. The third-order valence-electron chi connectivity index (χ3n) is 6.48. The lowest BCUT2D eigenvalue weighted by Crippen LogP contribution is -2.51. The molecule has 1 heterocycles. The summed E-state index contributed by atoms with van der Waals surface area (Å²) in [7, 11) is -4.36. The van der Waals surface area contributed by atoms with E-state index in [1.165, 1.54) is 35.2 Å². The monoisotopic (exact) mass is 603 g/mol. The molecule has 0 spiro atoms. The summed E-state index contributed by atoms with van der Waals surface area (Å²) in [5.74, 6) is -0.918. The molecule has 1 atom stereocenters. The number of benzene rings is 3. The molecule has 41 heavy (non-hydrogen) atoms. The minimum atomic E-state index is -4.36. The van der Waals surface area contributed by atoms with Gasteiger partial charge in [0.15, 0.2) is 11.5 Å². The summed E-state index contributed by atoms with van der Waals surface area (Å²) in [5.41, 5.74) is 0.769. The standard InChI is InChI=1S/C29H31ClFN3O6S/c1-3-14-32-29(36)20(2)33(18-21-4-6-22(30)7-5-21)28(35)19-34(24-10-8-23(31)9-11-24)41(37,38)25-12-13-26-27(17-25)40-16-15-39-26/h4-13,17,20H,3,14-16,18-19H2,1-2H3,(H,32,36)/t20-/m1/s1. The normalized spacial score (nSPS) is 13.3. The van der Waals surface area contributed by atoms with Crippen molar-refractivity contribution >= 4 is 39.1 Å². The summed E-state index contributed by atoms with van der Waals surface area (Å²) in [5, 5.41) is 3.29. The first-order valence-electron chi connectivity index (χ1n) is 13.1. The number of hydrogen-bond acceptors (Lipinski definition) is 6. The molecule has 2 amide bonds. The maximum Gasteiger partial charge on any atom is 0.264 e. The van der Waals surface area contributed by atoms with E-state index in [0.29, 0.717) is 35.9 Å². The van der Waals surface area contributed by atoms with Gasteiger partial charge in [-0.25, -0.2) is 12.8 Å². The Kier molecular flexibility index (Phi) is 9.72. The molecule has 3 aromatic carbocycles. The van der Waals surface area contributed by atoms with Crippen LogP contribution in [0.15, 0.2) is 71.6 Å². The van der Waals surface area contributed by atoms with Crippen LogP contribution in [-0.4, -0.2) is 57.5 Å². The Morgan fingerprint density at radius 2 is 1.66 bits per heavy atom. The van der Waals surface area contributed by atoms with Crippen LogP contribution in [0.2, 0.25) is 5.02 Å². The van der Waals surface area contributed by atoms with Crippen molar-refractivity contribution in [2.45, 2.75) is 37.8 Å². The zero-order valence-electron chi connectivity index (χ0n) is 22.7. The number of halogens is 2. The molecule has 218 valence electrons. The number of fused-ring (bicyclic) bond motifs is 1. The van der Waals surface area contributed by atoms with Crippen molar-refractivity contribution in [3.8, 4) is 11.5 Å². The van der Waals surface area contributed by atoms with Crippen molar-refractivity contribution < 1.29 is 31.9 Å². The summed E-state index contributed by atoms with van der Waals surface area (Å²) in [6.45, 7) is 3.88. The van der Waals surface area contributed by atoms with Crippen LogP contribution in [0.3, 0.4) is 0 Å². The second kappa shape index (κ2) is 13.2. The summed E-state index contributed by atoms with van der Waals surface area (Å²) in [6.07, 6.45) is 0.704. The second-order valence-corrected chi connectivity index (χ2v) is 11.7. The van der Waals surface area contributed by atoms with Gasteiger partial charge in [0.25, 0.3) is 10.0 Å². The van der Waals surface area contributed by atoms with Crippen molar-refractivity contribution in [3.05, 3.63) is 83.1 Å². The van der Waals surface area contributed by atoms with E-state index in [9.17, 15) is 22.4 Å². The van der Waals surface area contributed by atoms with Crippen molar-refractivity contribution in [2.75, 3.05) is 30.6 Å². The highest BCUT2D eigenvalue weighted by Crippen LogP contribution is 2.34. The average Bonchev–Trinajstić information content (AvgIpc) is 2.98. The van der Waals surface area contributed by atoms with Gasteiger partial charge in [0.2, 0.25) is 11.8 Å². The first-order valence-corrected chi connectivity index (χ1v) is 14.9. The Labute approximate surface area is 243 Å². The van der Waals surface area contributed by atoms with E-state index in [-0.39, 0.29) is 35.4 Å². The number of hydrogen-bond donors (Lipinski definition) is 1. The van der Waals surface area contributed by atoms with E-state index in [1.807, 2.05) is 6.92 Å². The maximum atomic E-state index is 14.0. The average molecular weight is 604 g/mol. The van der Waals surface area contributed by atoms with Gasteiger partial charge in [0, 0.05) is 24.2 Å². The largest absolute Gasteiger partial charge is 0.486 e. The van der Waals surface area contributed by atoms with Crippen LogP contribution >= 0.6 is 11.6 Å². The van der Waals surface area contributed by atoms with Gasteiger partial charge in [0.05, 0.1) is 10.6 Å². The first kappa shape index (κ1) is 30.1. The van der Waals surface area contributed by atoms with Gasteiger partial charge in [-0.3, -0.25) is 13.9 Å². The van der Waals surface area contributed by atoms with Crippen LogP contribution in [-0.2, 0) is 26.2 Å². The number of nitrogens with zero attached hydrogens (tertiary/aromatic N) is 2. The molecule has 9 nitrogen and oxygen atoms in total. The molecule has 0 aromatic heterocycles. The molecule has 1 N–H and O–H groups in total. The van der Waals surface area contributed by atoms with Gasteiger partial charge in [-0.15, -0.1) is 0 Å². The van der Waals surface area contributed by atoms with E-state index < -0.39 is 34.3 Å². The fourth-order valence-corrected chi connectivity index (χ4v) is 5.77. The molecule has 4 rings (SSSR count). The second-order valence-electron chi connectivity index (χ2n) is 9.41. The molecule has 0 saturated heterocycles. The van der Waals surface area contributed by atoms with E-state index in [0.717, 1.165) is 16.4 Å². The van der Waals surface area contributed by atoms with Crippen LogP contribution < -0.4 is 19.1 Å². The zero-order valence-corrected chi connectivity index (χ0v) is 24.3. The van der Waals surface area contributed by atoms with Crippen LogP contribution in [0.4, 0.5) is 10.1 Å². The lowest BCUT2D eigenvalue weighted by atomic mass is 10.1. The lowest BCUT2D eigenvalue weighted by Gasteiger charge is -2.32. The van der Waals surface area contributed by atoms with Gasteiger partial charge >= 0.3 is 0 Å². The van der Waals surface area contributed by atoms with Crippen LogP contribution in [0, 0.1) is 5.82 Å². The molecule has 1 aliphatic rings. The molecule has 0 fully saturated rings. The minimum Gasteiger partial charge on any atom is -0.486 e. The number of ether oxygens (including phenoxy) is 2. The number of sulfonamides is 1. The lowest BCUT2D eigenvalue weighted by molar-refractivity contribution is -0.139. The van der Waals surface area contributed by atoms with Crippen LogP contribution in [0.5, 0.6) is 11.5 Å². The van der Waals surface area contributed by atoms with Crippen LogP contribution in [0.1, 0.15) is 25.8 Å². The molecule has 0 bridgehead atoms. The van der Waals surface area contributed by atoms with Crippen molar-refractivity contribution in [1.29, 1.82) is 0 Å². The number of amides is 2. The predicted molar refractivity (Wildman–Crippen MR) is 153 cm³/mol. The molecular weight excluding hydrogens is 573 g/mol. The van der Waals surface area contributed by atoms with Crippen molar-refractivity contribution in [1.82, 2.24) is 10.2 Å². The summed E-state index contributed by atoms with van der Waals surface area (Å²) >= 11 is 6.02. The smallest absolute Gasteiger partial charge is 0.264 e. The Hall–Kier alpha value is -3.83. The Bertz CT molecular complexity index is 1490. The topological polar surface area (TPSA) is 105 Å². The SMILES string of the molecule is CCCNC(=O)[C@@H](C)N(Cc1ccc(Cl)cc1)C(=O)CN(c1ccc(F)cc1)S(=O)(=O)c1ccc2c(c1)OCCO2. The van der Waals surface area contributed by atoms with Crippen molar-refractivity contribution in [2.24, 2.45) is 0 Å². The Morgan fingerprint density at radius 3 is 2.32 bits per heavy atom. The summed E-state index contributed by atoms with van der Waals surface area (Å²) < 4.78 is 53.7. The maximum absolute atomic E-state index is 14.0. The first-order chi connectivity index (χ1) is 19.6. The van der Waals surface area contributed by atoms with Gasteiger partial charge in [-0.2, -0.15) is 0 Å². The Morgan fingerprint density at radius 1 is 1.00 bits per heavy atom. The van der Waals surface area contributed by atoms with Gasteiger partial charge in [-0.05, 0) is 67.4 Å². The molecular formula is C29H31ClFN3O6S. The molecule has 1 aliphatic heterocycles. The third-order valence-corrected chi connectivity index (χ3v) is 8.50. The zero-order chi connectivity index (χ0) is 29.6. The molecule has 12 heteroatoms. The van der Waals surface area contributed by atoms with Gasteiger partial charge < -0.3 is 19.7 Å². The minimum absolute atomic E-state index is 0.0258. The van der Waals surface area contributed by atoms with E-state index >= 15 is 0 Å². The summed E-state index contributed by atoms with van der Waals surface area (Å²) in [4.78, 5) is 28.0. The fraction of sp³-hybridized carbons (Fsp3) is 0.310. The predicted octanol–water partition coefficient (Wildman–Crippen LogP) is 4.39. The summed E-state index contributed by atoms with van der Waals surface area (Å²) in [6, 6.07) is 14.8. The van der Waals surface area contributed by atoms with E-state index in [2.05, 4.69) is 5.32 Å². The number of anilines is 1. The third kappa shape index (κ3) is 7.28. The molecule has 0 radical (unpaired) electrons. The molecule has 0 aliphatic carbocycles. The Balaban J connectivity index is 1.71. The molecule has 3 aromatic rings. The van der Waals surface area contributed by atoms with E-state index in [4.69, 9.17) is 21.1 Å². The van der Waals surface area contributed by atoms with Crippen molar-refractivity contribution in [3.63, 3.8) is 0 Å². The number of nitrogens with one attached hydrogen (secondary N) is 1. The molecule has 0 unspecified atom stereocenters. The highest BCUT2D eigenvalue weighted by atomic mass is 35.5. The number of carbonyl (C=O) groups excluding carboxylic acids is 2. The number of carbonyl (C=O) groups is 2. The van der Waals surface area contributed by atoms with E-state index in [1.54, 1.807) is 31.2 Å². The quantitative estimate of drug-likeness (QED) is 0.349. The van der Waals surface area contributed by atoms with Gasteiger partial charge in [-0.1, -0.05) is 30.7 Å². The van der Waals surface area contributed by atoms with Crippen LogP contribution in [0.25, 0.3) is 0 Å².